The number of hydroxylamine groups is 2. The van der Waals surface area contributed by atoms with E-state index in [1.54, 1.807) is 31.2 Å². The summed E-state index contributed by atoms with van der Waals surface area (Å²) in [5.74, 6) is 1.18. The van der Waals surface area contributed by atoms with E-state index in [0.29, 0.717) is 46.8 Å². The number of nitrogens with two attached hydrogens (primary N) is 1. The second kappa shape index (κ2) is 17.1. The number of nitrogens with one attached hydrogen (secondary N) is 1. The molecule has 56 heavy (non-hydrogen) atoms. The van der Waals surface area contributed by atoms with Gasteiger partial charge in [0.1, 0.15) is 17.8 Å². The molecule has 0 unspecified atom stereocenters. The predicted octanol–water partition coefficient (Wildman–Crippen LogP) is 5.66. The van der Waals surface area contributed by atoms with Crippen LogP contribution in [0.25, 0.3) is 11.1 Å². The van der Waals surface area contributed by atoms with Crippen LogP contribution < -0.4 is 20.7 Å². The number of hydrogen-bond donors (Lipinski definition) is 3. The first kappa shape index (κ1) is 41.3. The summed E-state index contributed by atoms with van der Waals surface area (Å²) < 4.78 is 11.1. The smallest absolute Gasteiger partial charge is 0.328 e. The number of esters is 1. The fourth-order valence-electron chi connectivity index (χ4n) is 9.82. The third-order valence-electron chi connectivity index (χ3n) is 13.2. The summed E-state index contributed by atoms with van der Waals surface area (Å²) in [6, 6.07) is 19.2. The first-order valence-corrected chi connectivity index (χ1v) is 19.9. The molecule has 1 saturated heterocycles. The van der Waals surface area contributed by atoms with Crippen LogP contribution in [0, 0.1) is 35.0 Å². The number of rotatable bonds is 15. The quantitative estimate of drug-likeness (QED) is 0.166. The summed E-state index contributed by atoms with van der Waals surface area (Å²) >= 11 is 0. The fourth-order valence-corrected chi connectivity index (χ4v) is 9.82. The van der Waals surface area contributed by atoms with Gasteiger partial charge in [0, 0.05) is 61.8 Å². The van der Waals surface area contributed by atoms with Crippen molar-refractivity contribution >= 4 is 23.3 Å². The van der Waals surface area contributed by atoms with E-state index in [1.165, 1.54) is 13.5 Å². The summed E-state index contributed by atoms with van der Waals surface area (Å²) in [6.45, 7) is 9.12. The zero-order valence-electron chi connectivity index (χ0n) is 34.2. The van der Waals surface area contributed by atoms with Gasteiger partial charge in [-0.05, 0) is 78.2 Å². The Labute approximate surface area is 331 Å². The SMILES string of the molecule is COC(=O)[C@H](Cc1ccccc1)NC(=O)c1cc(-c2cccc(CN3O[C@@H](CN)[C@@H]([C@H](C)O)[C@H]3C(=O)C[C@H]3C[C@H]4C[C@@H]([C@@H]3C)C4(C)C)c2OC)cc(N(C)C)c1. The Morgan fingerprint density at radius 3 is 2.39 bits per heavy atom. The minimum absolute atomic E-state index is 0.0739. The largest absolute Gasteiger partial charge is 0.496 e. The van der Waals surface area contributed by atoms with Gasteiger partial charge in [0.05, 0.1) is 33.0 Å². The molecule has 4 N–H and O–H groups in total. The molecule has 302 valence electrons. The van der Waals surface area contributed by atoms with Crippen molar-refractivity contribution in [1.29, 1.82) is 0 Å². The van der Waals surface area contributed by atoms with Crippen molar-refractivity contribution in [2.24, 2.45) is 40.7 Å². The number of ketones is 1. The number of Topliss-reactive ketones (excluding diaryl/α,β-unsaturated/α-hetero) is 1. The number of hydrogen-bond acceptors (Lipinski definition) is 10. The number of amides is 1. The van der Waals surface area contributed by atoms with Crippen LogP contribution in [-0.2, 0) is 32.1 Å². The highest BCUT2D eigenvalue weighted by Gasteiger charge is 2.57. The van der Waals surface area contributed by atoms with Crippen molar-refractivity contribution in [3.05, 3.63) is 83.4 Å². The van der Waals surface area contributed by atoms with E-state index >= 15 is 0 Å². The van der Waals surface area contributed by atoms with E-state index in [1.807, 2.05) is 73.6 Å². The van der Waals surface area contributed by atoms with Gasteiger partial charge in [-0.25, -0.2) is 4.79 Å². The standard InChI is InChI=1S/C45H60N4O7/c1-26-30(19-33-23-36(26)45(33,3)4)22-38(51)41-40(27(2)50)39(24-46)56-49(41)25-29-15-12-16-35(42(29)54-7)31-18-32(21-34(20-31)48(5)6)43(52)47-37(44(53)55-8)17-28-13-10-9-11-14-28/h9-16,18,20-21,26-27,30,33,36-37,39-41,50H,17,19,22-25,46H2,1-8H3,(H,47,52)/t26-,27+,30-,33+,36+,37+,39+,40-,41-/m1/s1. The van der Waals surface area contributed by atoms with Gasteiger partial charge in [-0.2, -0.15) is 5.06 Å². The summed E-state index contributed by atoms with van der Waals surface area (Å²) in [5, 5.41) is 15.6. The topological polar surface area (TPSA) is 144 Å². The Bertz CT molecular complexity index is 1880. The van der Waals surface area contributed by atoms with Gasteiger partial charge in [-0.15, -0.1) is 0 Å². The van der Waals surface area contributed by atoms with Crippen molar-refractivity contribution in [1.82, 2.24) is 10.4 Å². The van der Waals surface area contributed by atoms with Gasteiger partial charge in [0.15, 0.2) is 5.78 Å². The molecule has 11 heteroatoms. The second-order valence-corrected chi connectivity index (χ2v) is 17.0. The van der Waals surface area contributed by atoms with Crippen molar-refractivity contribution in [2.45, 2.75) is 84.2 Å². The van der Waals surface area contributed by atoms with Crippen LogP contribution in [0.2, 0.25) is 0 Å². The van der Waals surface area contributed by atoms with E-state index < -0.39 is 42.1 Å². The van der Waals surface area contributed by atoms with Gasteiger partial charge in [0.2, 0.25) is 0 Å². The maximum atomic E-state index is 14.4. The van der Waals surface area contributed by atoms with Crippen LogP contribution in [0.4, 0.5) is 5.69 Å². The average molecular weight is 769 g/mol. The third-order valence-corrected chi connectivity index (χ3v) is 13.2. The van der Waals surface area contributed by atoms with E-state index in [-0.39, 0.29) is 25.3 Å². The molecule has 0 spiro atoms. The molecule has 3 aliphatic carbocycles. The van der Waals surface area contributed by atoms with Gasteiger partial charge in [0.25, 0.3) is 5.91 Å². The van der Waals surface area contributed by atoms with Crippen LogP contribution in [0.3, 0.4) is 0 Å². The molecule has 0 radical (unpaired) electrons. The Morgan fingerprint density at radius 2 is 1.79 bits per heavy atom. The lowest BCUT2D eigenvalue weighted by Crippen LogP contribution is -2.55. The Balaban J connectivity index is 1.29. The van der Waals surface area contributed by atoms with Crippen LogP contribution in [0.5, 0.6) is 5.75 Å². The highest BCUT2D eigenvalue weighted by Crippen LogP contribution is 2.63. The highest BCUT2D eigenvalue weighted by molar-refractivity contribution is 5.99. The average Bonchev–Trinajstić information content (AvgIpc) is 3.56. The molecule has 3 aromatic rings. The van der Waals surface area contributed by atoms with Crippen LogP contribution in [0.15, 0.2) is 66.7 Å². The lowest BCUT2D eigenvalue weighted by Gasteiger charge is -2.62. The fraction of sp³-hybridized carbons (Fsp3) is 0.533. The summed E-state index contributed by atoms with van der Waals surface area (Å²) in [4.78, 5) is 49.5. The first-order valence-electron chi connectivity index (χ1n) is 19.9. The zero-order valence-corrected chi connectivity index (χ0v) is 34.2. The molecule has 4 fully saturated rings. The minimum atomic E-state index is -0.892. The number of aliphatic hydroxyl groups is 1. The Morgan fingerprint density at radius 1 is 1.05 bits per heavy atom. The second-order valence-electron chi connectivity index (χ2n) is 17.0. The Kier molecular flexibility index (Phi) is 12.6. The van der Waals surface area contributed by atoms with Gasteiger partial charge >= 0.3 is 5.97 Å². The number of carbonyl (C=O) groups excluding carboxylic acids is 3. The number of aliphatic hydroxyl groups excluding tert-OH is 1. The molecule has 1 heterocycles. The molecule has 7 rings (SSSR count). The minimum Gasteiger partial charge on any atom is -0.496 e. The number of nitrogens with zero attached hydrogens (tertiary/aromatic N) is 2. The number of methoxy groups -OCH3 is 2. The first-order chi connectivity index (χ1) is 26.7. The summed E-state index contributed by atoms with van der Waals surface area (Å²) in [6.07, 6.45) is 1.67. The molecule has 11 nitrogen and oxygen atoms in total. The van der Waals surface area contributed by atoms with Crippen molar-refractivity contribution in [2.75, 3.05) is 39.8 Å². The third kappa shape index (κ3) is 8.23. The van der Waals surface area contributed by atoms with Crippen LogP contribution in [-0.4, -0.2) is 87.0 Å². The normalized spacial score (nSPS) is 26.4. The van der Waals surface area contributed by atoms with E-state index in [4.69, 9.17) is 20.0 Å². The van der Waals surface area contributed by atoms with Gasteiger partial charge < -0.3 is 30.5 Å². The molecular weight excluding hydrogens is 709 g/mol. The molecule has 3 saturated carbocycles. The monoisotopic (exact) mass is 768 g/mol. The van der Waals surface area contributed by atoms with Crippen molar-refractivity contribution in [3.63, 3.8) is 0 Å². The molecule has 4 aliphatic rings. The van der Waals surface area contributed by atoms with Crippen LogP contribution >= 0.6 is 0 Å². The summed E-state index contributed by atoms with van der Waals surface area (Å²) in [5.41, 5.74) is 10.8. The maximum absolute atomic E-state index is 14.4. The lowest BCUT2D eigenvalue weighted by molar-refractivity contribution is -0.175. The molecule has 2 bridgehead atoms. The predicted molar refractivity (Wildman–Crippen MR) is 217 cm³/mol. The van der Waals surface area contributed by atoms with E-state index in [9.17, 15) is 19.5 Å². The van der Waals surface area contributed by atoms with Gasteiger partial charge in [-0.1, -0.05) is 69.3 Å². The molecule has 3 aromatic carbocycles. The lowest BCUT2D eigenvalue weighted by atomic mass is 9.43. The summed E-state index contributed by atoms with van der Waals surface area (Å²) in [7, 11) is 6.70. The van der Waals surface area contributed by atoms with E-state index in [2.05, 4.69) is 26.1 Å². The zero-order chi connectivity index (χ0) is 40.5. The van der Waals surface area contributed by atoms with Gasteiger partial charge in [-0.3, -0.25) is 14.4 Å². The molecule has 1 aliphatic heterocycles. The van der Waals surface area contributed by atoms with Crippen LogP contribution in [0.1, 0.15) is 68.4 Å². The molecular formula is C45H60N4O7. The Hall–Kier alpha value is -4.29. The molecule has 1 amide bonds. The number of para-hydroxylation sites is 1. The number of carbonyl (C=O) groups is 3. The number of ether oxygens (including phenoxy) is 2. The maximum Gasteiger partial charge on any atom is 0.328 e. The number of benzene rings is 3. The molecule has 9 atom stereocenters. The van der Waals surface area contributed by atoms with Crippen molar-refractivity contribution in [3.8, 4) is 16.9 Å². The molecule has 0 aromatic heterocycles. The van der Waals surface area contributed by atoms with Crippen molar-refractivity contribution < 1.29 is 33.8 Å². The van der Waals surface area contributed by atoms with E-state index in [0.717, 1.165) is 34.4 Å². The highest BCUT2D eigenvalue weighted by atomic mass is 16.7. The number of fused-ring (bicyclic) bond motifs is 2. The number of anilines is 1.